The van der Waals surface area contributed by atoms with E-state index < -0.39 is 0 Å². The van der Waals surface area contributed by atoms with E-state index in [1.165, 1.54) is 12.1 Å². The number of halogens is 2. The first-order valence-electron chi connectivity index (χ1n) is 7.20. The number of ketones is 1. The summed E-state index contributed by atoms with van der Waals surface area (Å²) in [4.78, 5) is 12.4. The predicted octanol–water partition coefficient (Wildman–Crippen LogP) is 5.46. The molecule has 0 N–H and O–H groups in total. The van der Waals surface area contributed by atoms with E-state index in [1.807, 2.05) is 6.07 Å². The minimum atomic E-state index is -0.304. The smallest absolute Gasteiger partial charge is 0.232 e. The van der Waals surface area contributed by atoms with E-state index in [0.29, 0.717) is 22.8 Å². The second-order valence-electron chi connectivity index (χ2n) is 5.29. The second-order valence-corrected chi connectivity index (χ2v) is 6.20. The summed E-state index contributed by atoms with van der Waals surface area (Å²) in [7, 11) is 0. The van der Waals surface area contributed by atoms with Crippen LogP contribution in [0.15, 0.2) is 69.2 Å². The van der Waals surface area contributed by atoms with Gasteiger partial charge in [0.1, 0.15) is 23.1 Å². The van der Waals surface area contributed by atoms with Crippen LogP contribution in [0.25, 0.3) is 17.4 Å². The lowest BCUT2D eigenvalue weighted by Gasteiger charge is -1.97. The lowest BCUT2D eigenvalue weighted by Crippen LogP contribution is -1.97. The quantitative estimate of drug-likeness (QED) is 0.550. The van der Waals surface area contributed by atoms with E-state index in [0.717, 1.165) is 10.0 Å². The highest BCUT2D eigenvalue weighted by Gasteiger charge is 2.27. The van der Waals surface area contributed by atoms with Crippen LogP contribution in [-0.2, 0) is 0 Å². The molecule has 0 atom stereocenters. The van der Waals surface area contributed by atoms with Crippen molar-refractivity contribution in [3.63, 3.8) is 0 Å². The molecule has 5 heteroatoms. The highest BCUT2D eigenvalue weighted by atomic mass is 79.9. The summed E-state index contributed by atoms with van der Waals surface area (Å²) < 4.78 is 25.1. The van der Waals surface area contributed by atoms with Crippen molar-refractivity contribution in [3.05, 3.63) is 82.0 Å². The van der Waals surface area contributed by atoms with Crippen molar-refractivity contribution in [3.8, 4) is 17.1 Å². The average Bonchev–Trinajstić information content (AvgIpc) is 3.15. The molecule has 24 heavy (non-hydrogen) atoms. The number of carbonyl (C=O) groups excluding carboxylic acids is 1. The SMILES string of the molecule is O=C1C(=Cc2ccc(-c3ccc(F)cc3)o2)Oc2ccc(Br)cc21. The summed E-state index contributed by atoms with van der Waals surface area (Å²) in [6, 6.07) is 14.8. The molecular formula is C19H10BrFO3. The van der Waals surface area contributed by atoms with Crippen LogP contribution in [0.1, 0.15) is 16.1 Å². The van der Waals surface area contributed by atoms with Gasteiger partial charge in [0.25, 0.3) is 0 Å². The van der Waals surface area contributed by atoms with E-state index >= 15 is 0 Å². The Morgan fingerprint density at radius 3 is 2.58 bits per heavy atom. The molecule has 2 heterocycles. The Labute approximate surface area is 145 Å². The minimum absolute atomic E-state index is 0.189. The second kappa shape index (κ2) is 5.76. The van der Waals surface area contributed by atoms with Crippen LogP contribution >= 0.6 is 15.9 Å². The number of hydrogen-bond donors (Lipinski definition) is 0. The van der Waals surface area contributed by atoms with Crippen molar-refractivity contribution in [1.82, 2.24) is 0 Å². The van der Waals surface area contributed by atoms with Gasteiger partial charge in [0, 0.05) is 16.1 Å². The summed E-state index contributed by atoms with van der Waals surface area (Å²) in [6.07, 6.45) is 1.56. The zero-order chi connectivity index (χ0) is 16.7. The van der Waals surface area contributed by atoms with Gasteiger partial charge in [-0.2, -0.15) is 0 Å². The molecule has 0 aliphatic carbocycles. The van der Waals surface area contributed by atoms with Crippen LogP contribution in [0.4, 0.5) is 4.39 Å². The normalized spacial score (nSPS) is 14.8. The number of ether oxygens (including phenoxy) is 1. The van der Waals surface area contributed by atoms with Crippen molar-refractivity contribution >= 4 is 27.8 Å². The maximum atomic E-state index is 13.0. The largest absolute Gasteiger partial charge is 0.457 e. The Morgan fingerprint density at radius 1 is 1.00 bits per heavy atom. The third-order valence-electron chi connectivity index (χ3n) is 3.66. The van der Waals surface area contributed by atoms with Crippen LogP contribution in [0.5, 0.6) is 5.75 Å². The van der Waals surface area contributed by atoms with Crippen LogP contribution in [-0.4, -0.2) is 5.78 Å². The van der Waals surface area contributed by atoms with Gasteiger partial charge in [0.05, 0.1) is 5.56 Å². The molecule has 4 rings (SSSR count). The number of hydrogen-bond acceptors (Lipinski definition) is 3. The molecule has 1 aromatic heterocycles. The Bertz CT molecular complexity index is 971. The molecule has 1 aliphatic heterocycles. The molecule has 118 valence electrons. The standard InChI is InChI=1S/C19H10BrFO3/c20-12-3-7-17-15(9-12)19(22)18(24-17)10-14-6-8-16(23-14)11-1-4-13(21)5-2-11/h1-10H. The topological polar surface area (TPSA) is 39.4 Å². The highest BCUT2D eigenvalue weighted by Crippen LogP contribution is 2.34. The number of benzene rings is 2. The molecule has 0 amide bonds. The Kier molecular flexibility index (Phi) is 3.58. The van der Waals surface area contributed by atoms with Crippen LogP contribution < -0.4 is 4.74 Å². The molecular weight excluding hydrogens is 375 g/mol. The van der Waals surface area contributed by atoms with Crippen molar-refractivity contribution in [2.45, 2.75) is 0 Å². The minimum Gasteiger partial charge on any atom is -0.457 e. The molecule has 0 fully saturated rings. The predicted molar refractivity (Wildman–Crippen MR) is 91.2 cm³/mol. The van der Waals surface area contributed by atoms with Crippen LogP contribution in [0.3, 0.4) is 0 Å². The number of Topliss-reactive ketones (excluding diaryl/α,β-unsaturated/α-hetero) is 1. The van der Waals surface area contributed by atoms with E-state index in [2.05, 4.69) is 15.9 Å². The first-order chi connectivity index (χ1) is 11.6. The number of carbonyl (C=O) groups is 1. The van der Waals surface area contributed by atoms with E-state index in [9.17, 15) is 9.18 Å². The van der Waals surface area contributed by atoms with Crippen LogP contribution in [0, 0.1) is 5.82 Å². The summed E-state index contributed by atoms with van der Waals surface area (Å²) in [5.74, 6) is 1.33. The third kappa shape index (κ3) is 2.67. The number of furan rings is 1. The summed E-state index contributed by atoms with van der Waals surface area (Å²) in [6.45, 7) is 0. The lowest BCUT2D eigenvalue weighted by molar-refractivity contribution is 0.101. The van der Waals surface area contributed by atoms with Crippen molar-refractivity contribution in [1.29, 1.82) is 0 Å². The van der Waals surface area contributed by atoms with E-state index in [4.69, 9.17) is 9.15 Å². The van der Waals surface area contributed by atoms with E-state index in [1.54, 1.807) is 42.5 Å². The molecule has 0 saturated carbocycles. The number of rotatable bonds is 2. The Morgan fingerprint density at radius 2 is 1.79 bits per heavy atom. The van der Waals surface area contributed by atoms with Gasteiger partial charge < -0.3 is 9.15 Å². The lowest BCUT2D eigenvalue weighted by atomic mass is 10.1. The van der Waals surface area contributed by atoms with Crippen molar-refractivity contribution < 1.29 is 18.3 Å². The first kappa shape index (κ1) is 14.9. The van der Waals surface area contributed by atoms with Gasteiger partial charge in [-0.1, -0.05) is 15.9 Å². The number of allylic oxidation sites excluding steroid dienone is 1. The zero-order valence-electron chi connectivity index (χ0n) is 12.3. The van der Waals surface area contributed by atoms with Gasteiger partial charge in [-0.15, -0.1) is 0 Å². The summed E-state index contributed by atoms with van der Waals surface area (Å²) >= 11 is 3.34. The van der Waals surface area contributed by atoms with Gasteiger partial charge in [0.15, 0.2) is 5.76 Å². The Balaban J connectivity index is 1.63. The maximum Gasteiger partial charge on any atom is 0.232 e. The molecule has 0 unspecified atom stereocenters. The average molecular weight is 385 g/mol. The van der Waals surface area contributed by atoms with Crippen molar-refractivity contribution in [2.24, 2.45) is 0 Å². The summed E-state index contributed by atoms with van der Waals surface area (Å²) in [5.41, 5.74) is 1.27. The summed E-state index contributed by atoms with van der Waals surface area (Å²) in [5, 5.41) is 0. The fraction of sp³-hybridized carbons (Fsp3) is 0. The molecule has 0 spiro atoms. The molecule has 3 nitrogen and oxygen atoms in total. The first-order valence-corrected chi connectivity index (χ1v) is 7.99. The molecule has 1 aliphatic rings. The van der Waals surface area contributed by atoms with E-state index in [-0.39, 0.29) is 17.4 Å². The molecule has 0 radical (unpaired) electrons. The fourth-order valence-electron chi connectivity index (χ4n) is 2.49. The molecule has 3 aromatic rings. The molecule has 0 bridgehead atoms. The maximum absolute atomic E-state index is 13.0. The van der Waals surface area contributed by atoms with Gasteiger partial charge >= 0.3 is 0 Å². The molecule has 2 aromatic carbocycles. The van der Waals surface area contributed by atoms with Gasteiger partial charge in [-0.3, -0.25) is 4.79 Å². The van der Waals surface area contributed by atoms with Gasteiger partial charge in [-0.25, -0.2) is 4.39 Å². The van der Waals surface area contributed by atoms with Gasteiger partial charge in [-0.05, 0) is 54.6 Å². The fourth-order valence-corrected chi connectivity index (χ4v) is 2.85. The van der Waals surface area contributed by atoms with Crippen molar-refractivity contribution in [2.75, 3.05) is 0 Å². The highest BCUT2D eigenvalue weighted by molar-refractivity contribution is 9.10. The monoisotopic (exact) mass is 384 g/mol. The number of fused-ring (bicyclic) bond motifs is 1. The zero-order valence-corrected chi connectivity index (χ0v) is 13.8. The van der Waals surface area contributed by atoms with Gasteiger partial charge in [0.2, 0.25) is 5.78 Å². The Hall–Kier alpha value is -2.66. The third-order valence-corrected chi connectivity index (χ3v) is 4.15. The van der Waals surface area contributed by atoms with Crippen LogP contribution in [0.2, 0.25) is 0 Å². The molecule has 0 saturated heterocycles.